The van der Waals surface area contributed by atoms with Gasteiger partial charge in [-0.2, -0.15) is 0 Å². The number of non-ortho nitro benzene ring substituents is 1. The number of hydrogen-bond acceptors (Lipinski definition) is 4. The van der Waals surface area contributed by atoms with Crippen LogP contribution in [0.3, 0.4) is 0 Å². The molecule has 0 fully saturated rings. The molecular weight excluding hydrogens is 279 g/mol. The highest BCUT2D eigenvalue weighted by Crippen LogP contribution is 2.29. The average Bonchev–Trinajstić information content (AvgIpc) is 2.46. The van der Waals surface area contributed by atoms with E-state index in [0.29, 0.717) is 5.75 Å². The highest BCUT2D eigenvalue weighted by Gasteiger charge is 2.10. The lowest BCUT2D eigenvalue weighted by Gasteiger charge is -2.08. The minimum atomic E-state index is -0.411. The van der Waals surface area contributed by atoms with Crippen molar-refractivity contribution in [2.45, 2.75) is 10.6 Å². The van der Waals surface area contributed by atoms with Gasteiger partial charge in [0.05, 0.1) is 4.92 Å². The van der Waals surface area contributed by atoms with Crippen molar-refractivity contribution in [1.29, 1.82) is 0 Å². The number of hydrogen-bond donors (Lipinski definition) is 1. The number of nitrogens with zero attached hydrogens (tertiary/aromatic N) is 1. The quantitative estimate of drug-likeness (QED) is 0.513. The predicted molar refractivity (Wildman–Crippen MR) is 78.6 cm³/mol. The van der Waals surface area contributed by atoms with Gasteiger partial charge in [-0.25, -0.2) is 4.39 Å². The molecule has 0 spiro atoms. The molecule has 4 nitrogen and oxygen atoms in total. The first-order chi connectivity index (χ1) is 9.60. The summed E-state index contributed by atoms with van der Waals surface area (Å²) < 4.78 is 12.8. The van der Waals surface area contributed by atoms with Gasteiger partial charge in [0.1, 0.15) is 5.82 Å². The maximum atomic E-state index is 12.8. The van der Waals surface area contributed by atoms with E-state index in [1.165, 1.54) is 30.0 Å². The van der Waals surface area contributed by atoms with Crippen molar-refractivity contribution >= 4 is 23.1 Å². The Labute approximate surface area is 120 Å². The van der Waals surface area contributed by atoms with E-state index in [9.17, 15) is 14.5 Å². The lowest BCUT2D eigenvalue weighted by molar-refractivity contribution is -0.384. The van der Waals surface area contributed by atoms with Crippen LogP contribution in [0.4, 0.5) is 15.8 Å². The number of anilines is 1. The second-order valence-corrected chi connectivity index (χ2v) is 5.14. The number of thioether (sulfide) groups is 1. The second-order valence-electron chi connectivity index (χ2n) is 4.09. The van der Waals surface area contributed by atoms with Crippen molar-refractivity contribution in [1.82, 2.24) is 0 Å². The van der Waals surface area contributed by atoms with Crippen LogP contribution in [0.15, 0.2) is 47.4 Å². The third-order valence-corrected chi connectivity index (χ3v) is 3.84. The molecule has 0 aliphatic rings. The Morgan fingerprint density at radius 2 is 1.95 bits per heavy atom. The van der Waals surface area contributed by atoms with Crippen molar-refractivity contribution in [3.63, 3.8) is 0 Å². The van der Waals surface area contributed by atoms with Gasteiger partial charge in [0, 0.05) is 35.5 Å². The number of nitro groups is 1. The molecule has 0 aliphatic carbocycles. The van der Waals surface area contributed by atoms with Crippen LogP contribution < -0.4 is 5.32 Å². The van der Waals surface area contributed by atoms with E-state index in [1.807, 2.05) is 0 Å². The third-order valence-electron chi connectivity index (χ3n) is 2.78. The molecule has 0 aromatic heterocycles. The molecule has 0 saturated carbocycles. The fourth-order valence-corrected chi connectivity index (χ4v) is 2.64. The van der Waals surface area contributed by atoms with E-state index in [1.54, 1.807) is 31.3 Å². The smallest absolute Gasteiger partial charge is 0.269 e. The first-order valence-electron chi connectivity index (χ1n) is 5.93. The molecule has 2 rings (SSSR count). The van der Waals surface area contributed by atoms with Crippen LogP contribution in [0, 0.1) is 15.9 Å². The van der Waals surface area contributed by atoms with Crippen molar-refractivity contribution in [3.05, 3.63) is 64.0 Å². The molecule has 2 aromatic rings. The van der Waals surface area contributed by atoms with E-state index in [0.717, 1.165) is 16.1 Å². The Bertz CT molecular complexity index is 617. The highest BCUT2D eigenvalue weighted by molar-refractivity contribution is 7.98. The van der Waals surface area contributed by atoms with E-state index in [2.05, 4.69) is 5.32 Å². The Morgan fingerprint density at radius 3 is 2.55 bits per heavy atom. The van der Waals surface area contributed by atoms with E-state index >= 15 is 0 Å². The fourth-order valence-electron chi connectivity index (χ4n) is 1.75. The van der Waals surface area contributed by atoms with Crippen LogP contribution in [0.1, 0.15) is 5.56 Å². The molecule has 0 atom stereocenters. The van der Waals surface area contributed by atoms with Crippen LogP contribution in [0.2, 0.25) is 0 Å². The zero-order chi connectivity index (χ0) is 14.5. The van der Waals surface area contributed by atoms with Crippen LogP contribution >= 0.6 is 11.8 Å². The van der Waals surface area contributed by atoms with Gasteiger partial charge in [0.15, 0.2) is 0 Å². The van der Waals surface area contributed by atoms with Gasteiger partial charge in [0.25, 0.3) is 5.69 Å². The number of halogens is 1. The van der Waals surface area contributed by atoms with Crippen molar-refractivity contribution in [3.8, 4) is 0 Å². The third kappa shape index (κ3) is 3.48. The van der Waals surface area contributed by atoms with E-state index in [4.69, 9.17) is 0 Å². The van der Waals surface area contributed by atoms with Crippen LogP contribution in [-0.2, 0) is 5.75 Å². The Kier molecular flexibility index (Phi) is 4.57. The van der Waals surface area contributed by atoms with Gasteiger partial charge < -0.3 is 5.32 Å². The predicted octanol–water partition coefficient (Wildman–Crippen LogP) is 4.07. The average molecular weight is 292 g/mol. The largest absolute Gasteiger partial charge is 0.388 e. The SMILES string of the molecule is CNc1ccc([N+](=O)[O-])cc1CSc1ccc(F)cc1. The summed E-state index contributed by atoms with van der Waals surface area (Å²) in [5.74, 6) is 0.296. The summed E-state index contributed by atoms with van der Waals surface area (Å²) >= 11 is 1.50. The van der Waals surface area contributed by atoms with Crippen LogP contribution in [-0.4, -0.2) is 12.0 Å². The van der Waals surface area contributed by atoms with Gasteiger partial charge in [-0.3, -0.25) is 10.1 Å². The number of nitro benzene ring substituents is 1. The second kappa shape index (κ2) is 6.38. The molecule has 0 amide bonds. The zero-order valence-corrected chi connectivity index (χ0v) is 11.6. The molecule has 1 N–H and O–H groups in total. The van der Waals surface area contributed by atoms with Crippen LogP contribution in [0.5, 0.6) is 0 Å². The Hall–Kier alpha value is -2.08. The molecule has 20 heavy (non-hydrogen) atoms. The molecular formula is C14H13FN2O2S. The van der Waals surface area contributed by atoms with Gasteiger partial charge in [-0.1, -0.05) is 0 Å². The van der Waals surface area contributed by atoms with Gasteiger partial charge in [-0.05, 0) is 35.9 Å². The topological polar surface area (TPSA) is 55.2 Å². The summed E-state index contributed by atoms with van der Waals surface area (Å²) in [4.78, 5) is 11.3. The standard InChI is InChI=1S/C14H13FN2O2S/c1-16-14-7-4-12(17(18)19)8-10(14)9-20-13-5-2-11(15)3-6-13/h2-8,16H,9H2,1H3. The lowest BCUT2D eigenvalue weighted by Crippen LogP contribution is -1.96. The van der Waals surface area contributed by atoms with Gasteiger partial charge >= 0.3 is 0 Å². The molecule has 0 bridgehead atoms. The van der Waals surface area contributed by atoms with E-state index < -0.39 is 4.92 Å². The van der Waals surface area contributed by atoms with E-state index in [-0.39, 0.29) is 11.5 Å². The molecule has 0 heterocycles. The summed E-state index contributed by atoms with van der Waals surface area (Å²) in [6, 6.07) is 10.9. The van der Waals surface area contributed by atoms with Crippen molar-refractivity contribution < 1.29 is 9.31 Å². The fraction of sp³-hybridized carbons (Fsp3) is 0.143. The minimum Gasteiger partial charge on any atom is -0.388 e. The van der Waals surface area contributed by atoms with Crippen LogP contribution in [0.25, 0.3) is 0 Å². The summed E-state index contributed by atoms with van der Waals surface area (Å²) in [6.07, 6.45) is 0. The first kappa shape index (κ1) is 14.3. The monoisotopic (exact) mass is 292 g/mol. The molecule has 104 valence electrons. The first-order valence-corrected chi connectivity index (χ1v) is 6.92. The van der Waals surface area contributed by atoms with Crippen molar-refractivity contribution in [2.75, 3.05) is 12.4 Å². The molecule has 0 radical (unpaired) electrons. The molecule has 0 saturated heterocycles. The summed E-state index contributed by atoms with van der Waals surface area (Å²) in [7, 11) is 1.77. The lowest BCUT2D eigenvalue weighted by atomic mass is 10.2. The normalized spacial score (nSPS) is 10.3. The number of rotatable bonds is 5. The maximum absolute atomic E-state index is 12.8. The zero-order valence-electron chi connectivity index (χ0n) is 10.8. The molecule has 0 aliphatic heterocycles. The van der Waals surface area contributed by atoms with Gasteiger partial charge in [-0.15, -0.1) is 11.8 Å². The maximum Gasteiger partial charge on any atom is 0.269 e. The minimum absolute atomic E-state index is 0.0682. The Balaban J connectivity index is 2.16. The molecule has 2 aromatic carbocycles. The summed E-state index contributed by atoms with van der Waals surface area (Å²) in [6.45, 7) is 0. The molecule has 0 unspecified atom stereocenters. The van der Waals surface area contributed by atoms with Gasteiger partial charge in [0.2, 0.25) is 0 Å². The Morgan fingerprint density at radius 1 is 1.25 bits per heavy atom. The number of nitrogens with one attached hydrogen (secondary N) is 1. The van der Waals surface area contributed by atoms with Crippen molar-refractivity contribution in [2.24, 2.45) is 0 Å². The summed E-state index contributed by atoms with van der Waals surface area (Å²) in [5.41, 5.74) is 1.76. The highest BCUT2D eigenvalue weighted by atomic mass is 32.2. The number of benzene rings is 2. The molecule has 6 heteroatoms. The summed E-state index contributed by atoms with van der Waals surface area (Å²) in [5, 5.41) is 13.8.